The van der Waals surface area contributed by atoms with E-state index in [2.05, 4.69) is 48.6 Å². The summed E-state index contributed by atoms with van der Waals surface area (Å²) in [5.74, 6) is 2.65. The minimum Gasteiger partial charge on any atom is -0.330 e. The number of halogens is 1. The van der Waals surface area contributed by atoms with E-state index < -0.39 is 0 Å². The van der Waals surface area contributed by atoms with Crippen molar-refractivity contribution in [2.24, 2.45) is 0 Å². The highest BCUT2D eigenvalue weighted by Crippen LogP contribution is 2.38. The highest BCUT2D eigenvalue weighted by Gasteiger charge is 2.26. The molecule has 0 aliphatic heterocycles. The van der Waals surface area contributed by atoms with Crippen LogP contribution >= 0.6 is 23.4 Å². The SMILES string of the molecule is Clc1ccccc1-c1nnc(SCc2nccn2Cc2ccccc2)n1C1CCCC1. The van der Waals surface area contributed by atoms with Crippen LogP contribution in [0.25, 0.3) is 11.4 Å². The summed E-state index contributed by atoms with van der Waals surface area (Å²) < 4.78 is 4.51. The van der Waals surface area contributed by atoms with E-state index in [0.717, 1.165) is 47.5 Å². The lowest BCUT2D eigenvalue weighted by atomic mass is 10.2. The monoisotopic (exact) mass is 449 g/mol. The van der Waals surface area contributed by atoms with Crippen LogP contribution in [-0.2, 0) is 12.3 Å². The Bertz CT molecular complexity index is 1150. The number of hydrogen-bond donors (Lipinski definition) is 0. The van der Waals surface area contributed by atoms with Gasteiger partial charge in [-0.15, -0.1) is 10.2 Å². The first-order valence-electron chi connectivity index (χ1n) is 10.7. The van der Waals surface area contributed by atoms with Gasteiger partial charge in [-0.05, 0) is 30.5 Å². The van der Waals surface area contributed by atoms with Crippen LogP contribution in [0.3, 0.4) is 0 Å². The van der Waals surface area contributed by atoms with Crippen LogP contribution in [0, 0.1) is 0 Å². The number of rotatable bonds is 7. The number of nitrogens with zero attached hydrogens (tertiary/aromatic N) is 5. The molecule has 0 radical (unpaired) electrons. The Labute approximate surface area is 191 Å². The van der Waals surface area contributed by atoms with Gasteiger partial charge in [-0.1, -0.05) is 78.7 Å². The van der Waals surface area contributed by atoms with Crippen molar-refractivity contribution in [2.45, 2.75) is 49.2 Å². The first-order valence-corrected chi connectivity index (χ1v) is 12.0. The maximum atomic E-state index is 6.50. The Morgan fingerprint density at radius 3 is 2.55 bits per heavy atom. The molecule has 2 aromatic carbocycles. The third kappa shape index (κ3) is 4.41. The van der Waals surface area contributed by atoms with E-state index in [1.165, 1.54) is 18.4 Å². The second-order valence-electron chi connectivity index (χ2n) is 7.84. The number of thioether (sulfide) groups is 1. The molecule has 2 aromatic heterocycles. The quantitative estimate of drug-likeness (QED) is 0.313. The van der Waals surface area contributed by atoms with E-state index in [1.54, 1.807) is 11.8 Å². The molecule has 5 rings (SSSR count). The van der Waals surface area contributed by atoms with Gasteiger partial charge < -0.3 is 4.57 Å². The van der Waals surface area contributed by atoms with Crippen molar-refractivity contribution in [3.63, 3.8) is 0 Å². The first-order chi connectivity index (χ1) is 15.3. The highest BCUT2D eigenvalue weighted by atomic mass is 35.5. The zero-order chi connectivity index (χ0) is 21.0. The fourth-order valence-electron chi connectivity index (χ4n) is 4.23. The van der Waals surface area contributed by atoms with Crippen LogP contribution in [0.2, 0.25) is 5.02 Å². The van der Waals surface area contributed by atoms with E-state index in [-0.39, 0.29) is 0 Å². The van der Waals surface area contributed by atoms with Gasteiger partial charge in [-0.3, -0.25) is 4.57 Å². The molecule has 31 heavy (non-hydrogen) atoms. The summed E-state index contributed by atoms with van der Waals surface area (Å²) in [6.45, 7) is 0.816. The number of benzene rings is 2. The van der Waals surface area contributed by atoms with Crippen LogP contribution < -0.4 is 0 Å². The van der Waals surface area contributed by atoms with Gasteiger partial charge >= 0.3 is 0 Å². The third-order valence-electron chi connectivity index (χ3n) is 5.80. The van der Waals surface area contributed by atoms with Crippen LogP contribution in [0.4, 0.5) is 0 Å². The molecule has 4 aromatic rings. The molecule has 0 N–H and O–H groups in total. The molecule has 0 spiro atoms. The van der Waals surface area contributed by atoms with E-state index in [9.17, 15) is 0 Å². The molecule has 0 bridgehead atoms. The average molecular weight is 450 g/mol. The van der Waals surface area contributed by atoms with Crippen molar-refractivity contribution in [2.75, 3.05) is 0 Å². The van der Waals surface area contributed by atoms with E-state index >= 15 is 0 Å². The lowest BCUT2D eigenvalue weighted by molar-refractivity contribution is 0.485. The Hall–Kier alpha value is -2.57. The van der Waals surface area contributed by atoms with Gasteiger partial charge in [0.1, 0.15) is 5.82 Å². The predicted octanol–water partition coefficient (Wildman–Crippen LogP) is 6.25. The Kier molecular flexibility index (Phi) is 6.09. The minimum atomic E-state index is 0.424. The second-order valence-corrected chi connectivity index (χ2v) is 9.19. The zero-order valence-corrected chi connectivity index (χ0v) is 18.8. The van der Waals surface area contributed by atoms with Gasteiger partial charge in [0, 0.05) is 30.5 Å². The summed E-state index contributed by atoms with van der Waals surface area (Å²) in [6, 6.07) is 18.8. The fourth-order valence-corrected chi connectivity index (χ4v) is 5.42. The van der Waals surface area contributed by atoms with Crippen molar-refractivity contribution in [1.29, 1.82) is 0 Å². The molecule has 1 saturated carbocycles. The minimum absolute atomic E-state index is 0.424. The average Bonchev–Trinajstić information content (AvgIpc) is 3.54. The van der Waals surface area contributed by atoms with Crippen LogP contribution in [-0.4, -0.2) is 24.3 Å². The normalized spacial score (nSPS) is 14.4. The molecule has 1 fully saturated rings. The van der Waals surface area contributed by atoms with Gasteiger partial charge in [0.2, 0.25) is 0 Å². The van der Waals surface area contributed by atoms with Gasteiger partial charge in [-0.2, -0.15) is 0 Å². The van der Waals surface area contributed by atoms with E-state index in [0.29, 0.717) is 11.1 Å². The summed E-state index contributed by atoms with van der Waals surface area (Å²) in [7, 11) is 0. The van der Waals surface area contributed by atoms with E-state index in [1.807, 2.05) is 42.7 Å². The summed E-state index contributed by atoms with van der Waals surface area (Å²) in [4.78, 5) is 4.60. The lowest BCUT2D eigenvalue weighted by Gasteiger charge is -2.17. The summed E-state index contributed by atoms with van der Waals surface area (Å²) in [5, 5.41) is 10.8. The molecule has 2 heterocycles. The third-order valence-corrected chi connectivity index (χ3v) is 7.07. The van der Waals surface area contributed by atoms with Gasteiger partial charge in [0.15, 0.2) is 11.0 Å². The summed E-state index contributed by atoms with van der Waals surface area (Å²) in [5.41, 5.74) is 2.21. The molecule has 0 saturated heterocycles. The Morgan fingerprint density at radius 2 is 1.74 bits per heavy atom. The molecule has 0 atom stereocenters. The molecular weight excluding hydrogens is 426 g/mol. The number of imidazole rings is 1. The number of aromatic nitrogens is 5. The summed E-state index contributed by atoms with van der Waals surface area (Å²) >= 11 is 8.20. The Balaban J connectivity index is 1.40. The largest absolute Gasteiger partial charge is 0.330 e. The van der Waals surface area contributed by atoms with Crippen molar-refractivity contribution in [3.05, 3.63) is 83.4 Å². The zero-order valence-electron chi connectivity index (χ0n) is 17.2. The van der Waals surface area contributed by atoms with Crippen molar-refractivity contribution < 1.29 is 0 Å². The van der Waals surface area contributed by atoms with Gasteiger partial charge in [-0.25, -0.2) is 4.98 Å². The number of hydrogen-bond acceptors (Lipinski definition) is 4. The van der Waals surface area contributed by atoms with Crippen molar-refractivity contribution >= 4 is 23.4 Å². The molecule has 7 heteroatoms. The standard InChI is InChI=1S/C24H24ClN5S/c25-21-13-7-6-12-20(21)23-27-28-24(30(23)19-10-4-5-11-19)31-17-22-26-14-15-29(22)16-18-8-2-1-3-9-18/h1-3,6-9,12-15,19H,4-5,10-11,16-17H2. The van der Waals surface area contributed by atoms with Crippen LogP contribution in [0.1, 0.15) is 43.1 Å². The molecule has 1 aliphatic carbocycles. The molecule has 0 unspecified atom stereocenters. The smallest absolute Gasteiger partial charge is 0.192 e. The van der Waals surface area contributed by atoms with Crippen molar-refractivity contribution in [3.8, 4) is 11.4 Å². The molecule has 0 amide bonds. The van der Waals surface area contributed by atoms with Crippen LogP contribution in [0.5, 0.6) is 0 Å². The maximum Gasteiger partial charge on any atom is 0.192 e. The summed E-state index contributed by atoms with van der Waals surface area (Å²) in [6.07, 6.45) is 8.72. The van der Waals surface area contributed by atoms with Gasteiger partial charge in [0.25, 0.3) is 0 Å². The maximum absolute atomic E-state index is 6.50. The first kappa shape index (κ1) is 20.3. The van der Waals surface area contributed by atoms with Crippen molar-refractivity contribution in [1.82, 2.24) is 24.3 Å². The molecule has 1 aliphatic rings. The van der Waals surface area contributed by atoms with Crippen LogP contribution in [0.15, 0.2) is 72.1 Å². The molecule has 5 nitrogen and oxygen atoms in total. The van der Waals surface area contributed by atoms with Gasteiger partial charge in [0.05, 0.1) is 10.8 Å². The predicted molar refractivity (Wildman–Crippen MR) is 125 cm³/mol. The van der Waals surface area contributed by atoms with E-state index in [4.69, 9.17) is 11.6 Å². The Morgan fingerprint density at radius 1 is 0.968 bits per heavy atom. The highest BCUT2D eigenvalue weighted by molar-refractivity contribution is 7.98. The molecular formula is C24H24ClN5S. The fraction of sp³-hybridized carbons (Fsp3) is 0.292. The lowest BCUT2D eigenvalue weighted by Crippen LogP contribution is -2.09. The topological polar surface area (TPSA) is 48.5 Å². The molecule has 158 valence electrons. The second kappa shape index (κ2) is 9.28.